The van der Waals surface area contributed by atoms with Crippen molar-refractivity contribution < 1.29 is 9.59 Å². The molecule has 37 heavy (non-hydrogen) atoms. The number of carbonyl (C=O) groups is 2. The third-order valence-electron chi connectivity index (χ3n) is 7.12. The number of halogens is 1. The predicted molar refractivity (Wildman–Crippen MR) is 149 cm³/mol. The topological polar surface area (TPSA) is 68.8 Å². The molecule has 3 aromatic rings. The van der Waals surface area contributed by atoms with Gasteiger partial charge in [0.05, 0.1) is 22.9 Å². The fourth-order valence-electron chi connectivity index (χ4n) is 5.05. The highest BCUT2D eigenvalue weighted by atomic mass is 35.5. The molecule has 3 heterocycles. The van der Waals surface area contributed by atoms with Gasteiger partial charge < -0.3 is 15.1 Å². The number of rotatable bonds is 3. The average Bonchev–Trinajstić information content (AvgIpc) is 2.97. The number of nitrogens with one attached hydrogen (secondary N) is 1. The molecule has 1 unspecified atom stereocenters. The second-order valence-corrected chi connectivity index (χ2v) is 11.1. The van der Waals surface area contributed by atoms with Crippen LogP contribution in [0.3, 0.4) is 0 Å². The van der Waals surface area contributed by atoms with Gasteiger partial charge in [0.15, 0.2) is 0 Å². The van der Waals surface area contributed by atoms with Gasteiger partial charge in [-0.3, -0.25) is 14.5 Å². The molecule has 0 bridgehead atoms. The van der Waals surface area contributed by atoms with Crippen molar-refractivity contribution in [1.82, 2.24) is 9.88 Å². The number of anilines is 3. The van der Waals surface area contributed by atoms with E-state index in [4.69, 9.17) is 11.6 Å². The number of hydrogen-bond donors (Lipinski definition) is 1. The van der Waals surface area contributed by atoms with Crippen LogP contribution in [-0.4, -0.2) is 54.9 Å². The first-order valence-electron chi connectivity index (χ1n) is 12.6. The minimum atomic E-state index is -0.504. The van der Waals surface area contributed by atoms with E-state index >= 15 is 0 Å². The Hall–Kier alpha value is -3.42. The summed E-state index contributed by atoms with van der Waals surface area (Å²) in [5.74, 6) is 0.644. The zero-order chi connectivity index (χ0) is 26.3. The van der Waals surface area contributed by atoms with E-state index in [1.54, 1.807) is 17.2 Å². The van der Waals surface area contributed by atoms with E-state index in [1.807, 2.05) is 64.2 Å². The molecule has 2 amide bonds. The van der Waals surface area contributed by atoms with Crippen molar-refractivity contribution in [3.63, 3.8) is 0 Å². The molecule has 2 aliphatic heterocycles. The van der Waals surface area contributed by atoms with Crippen LogP contribution in [0.4, 0.5) is 17.2 Å². The van der Waals surface area contributed by atoms with Gasteiger partial charge in [0.2, 0.25) is 5.91 Å². The van der Waals surface area contributed by atoms with Crippen LogP contribution in [0, 0.1) is 5.41 Å². The van der Waals surface area contributed by atoms with Crippen molar-refractivity contribution in [2.45, 2.75) is 26.8 Å². The Morgan fingerprint density at radius 3 is 2.32 bits per heavy atom. The molecular formula is C29H32ClN5O2. The fraction of sp³-hybridized carbons (Fsp3) is 0.345. The SMILES string of the molecule is CN1C(=O)c2ccccc2C(N2CCN(c3ncc(NC(=O)C(C)(C)C)cc3Cl)CC2)c2ccccc21. The van der Waals surface area contributed by atoms with Crippen LogP contribution in [0.15, 0.2) is 60.8 Å². The Morgan fingerprint density at radius 1 is 1.00 bits per heavy atom. The summed E-state index contributed by atoms with van der Waals surface area (Å²) in [5.41, 5.74) is 3.93. The lowest BCUT2D eigenvalue weighted by Crippen LogP contribution is -2.48. The molecule has 2 aromatic carbocycles. The summed E-state index contributed by atoms with van der Waals surface area (Å²) < 4.78 is 0. The number of piperazine rings is 1. The van der Waals surface area contributed by atoms with Crippen molar-refractivity contribution in [3.05, 3.63) is 82.5 Å². The van der Waals surface area contributed by atoms with Crippen LogP contribution in [0.2, 0.25) is 5.02 Å². The second kappa shape index (κ2) is 9.80. The first-order chi connectivity index (χ1) is 17.6. The van der Waals surface area contributed by atoms with Crippen molar-refractivity contribution in [1.29, 1.82) is 0 Å². The predicted octanol–water partition coefficient (Wildman–Crippen LogP) is 5.22. The zero-order valence-electron chi connectivity index (χ0n) is 21.7. The van der Waals surface area contributed by atoms with E-state index in [0.717, 1.165) is 48.6 Å². The lowest BCUT2D eigenvalue weighted by Gasteiger charge is -2.40. The Morgan fingerprint density at radius 2 is 1.65 bits per heavy atom. The van der Waals surface area contributed by atoms with E-state index < -0.39 is 5.41 Å². The van der Waals surface area contributed by atoms with Crippen LogP contribution in [0.5, 0.6) is 0 Å². The standard InChI is InChI=1S/C29H32ClN5O2/c1-29(2,3)28(37)32-19-17-23(30)26(31-18-19)35-15-13-34(14-16-35)25-20-9-5-6-10-21(20)27(36)33(4)24-12-8-7-11-22(24)25/h5-12,17-18,25H,13-16H2,1-4H3,(H,32,37). The maximum atomic E-state index is 13.3. The monoisotopic (exact) mass is 517 g/mol. The van der Waals surface area contributed by atoms with Gasteiger partial charge in [-0.05, 0) is 29.3 Å². The third kappa shape index (κ3) is 4.81. The Kier molecular flexibility index (Phi) is 6.68. The van der Waals surface area contributed by atoms with Crippen LogP contribution in [0.1, 0.15) is 48.3 Å². The second-order valence-electron chi connectivity index (χ2n) is 10.7. The summed E-state index contributed by atoms with van der Waals surface area (Å²) in [6.07, 6.45) is 1.66. The van der Waals surface area contributed by atoms with E-state index in [1.165, 1.54) is 0 Å². The number of para-hydroxylation sites is 1. The minimum Gasteiger partial charge on any atom is -0.353 e. The van der Waals surface area contributed by atoms with Crippen LogP contribution in [-0.2, 0) is 4.79 Å². The van der Waals surface area contributed by atoms with Gasteiger partial charge in [0, 0.05) is 49.9 Å². The summed E-state index contributed by atoms with van der Waals surface area (Å²) in [5, 5.41) is 3.40. The molecular weight excluding hydrogens is 486 g/mol. The number of amides is 2. The van der Waals surface area contributed by atoms with Crippen molar-refractivity contribution in [2.75, 3.05) is 48.3 Å². The summed E-state index contributed by atoms with van der Waals surface area (Å²) >= 11 is 6.62. The largest absolute Gasteiger partial charge is 0.353 e. The molecule has 1 saturated heterocycles. The molecule has 0 spiro atoms. The molecule has 8 heteroatoms. The molecule has 0 radical (unpaired) electrons. The van der Waals surface area contributed by atoms with E-state index in [9.17, 15) is 9.59 Å². The smallest absolute Gasteiger partial charge is 0.258 e. The number of carbonyl (C=O) groups excluding carboxylic acids is 2. The highest BCUT2D eigenvalue weighted by Gasteiger charge is 2.35. The quantitative estimate of drug-likeness (QED) is 0.516. The van der Waals surface area contributed by atoms with Gasteiger partial charge in [-0.15, -0.1) is 0 Å². The first kappa shape index (κ1) is 25.2. The fourth-order valence-corrected chi connectivity index (χ4v) is 5.33. The van der Waals surface area contributed by atoms with Crippen molar-refractivity contribution in [3.8, 4) is 0 Å². The molecule has 1 aromatic heterocycles. The van der Waals surface area contributed by atoms with Crippen LogP contribution in [0.25, 0.3) is 0 Å². The number of aromatic nitrogens is 1. The number of benzene rings is 2. The first-order valence-corrected chi connectivity index (χ1v) is 12.9. The van der Waals surface area contributed by atoms with Gasteiger partial charge >= 0.3 is 0 Å². The Labute approximate surface area is 223 Å². The lowest BCUT2D eigenvalue weighted by atomic mass is 9.93. The van der Waals surface area contributed by atoms with Gasteiger partial charge in [-0.25, -0.2) is 4.98 Å². The maximum Gasteiger partial charge on any atom is 0.258 e. The molecule has 5 rings (SSSR count). The molecule has 1 atom stereocenters. The molecule has 0 aliphatic carbocycles. The van der Waals surface area contributed by atoms with Crippen LogP contribution >= 0.6 is 11.6 Å². The van der Waals surface area contributed by atoms with Gasteiger partial charge in [-0.1, -0.05) is 68.8 Å². The average molecular weight is 518 g/mol. The molecule has 7 nitrogen and oxygen atoms in total. The number of fused-ring (bicyclic) bond motifs is 2. The Balaban J connectivity index is 1.38. The summed E-state index contributed by atoms with van der Waals surface area (Å²) in [4.78, 5) is 36.6. The zero-order valence-corrected chi connectivity index (χ0v) is 22.4. The van der Waals surface area contributed by atoms with Crippen molar-refractivity contribution >= 4 is 40.6 Å². The highest BCUT2D eigenvalue weighted by molar-refractivity contribution is 6.33. The van der Waals surface area contributed by atoms with Gasteiger partial charge in [0.25, 0.3) is 5.91 Å². The number of pyridine rings is 1. The summed E-state index contributed by atoms with van der Waals surface area (Å²) in [6, 6.07) is 17.8. The molecule has 192 valence electrons. The molecule has 1 N–H and O–H groups in total. The normalized spacial score (nSPS) is 18.2. The van der Waals surface area contributed by atoms with E-state index in [-0.39, 0.29) is 17.9 Å². The van der Waals surface area contributed by atoms with Crippen LogP contribution < -0.4 is 15.1 Å². The minimum absolute atomic E-state index is 0.0128. The van der Waals surface area contributed by atoms with Gasteiger partial charge in [0.1, 0.15) is 5.82 Å². The van der Waals surface area contributed by atoms with E-state index in [2.05, 4.69) is 32.2 Å². The molecule has 2 aliphatic rings. The highest BCUT2D eigenvalue weighted by Crippen LogP contribution is 2.40. The lowest BCUT2D eigenvalue weighted by molar-refractivity contribution is -0.123. The third-order valence-corrected chi connectivity index (χ3v) is 7.40. The van der Waals surface area contributed by atoms with E-state index in [0.29, 0.717) is 16.5 Å². The number of hydrogen-bond acceptors (Lipinski definition) is 5. The Bertz CT molecular complexity index is 1340. The summed E-state index contributed by atoms with van der Waals surface area (Å²) in [6.45, 7) is 8.65. The molecule has 0 saturated carbocycles. The molecule has 1 fully saturated rings. The maximum absolute atomic E-state index is 13.3. The van der Waals surface area contributed by atoms with Gasteiger partial charge in [-0.2, -0.15) is 0 Å². The number of nitrogens with zero attached hydrogens (tertiary/aromatic N) is 4. The summed E-state index contributed by atoms with van der Waals surface area (Å²) in [7, 11) is 1.85. The van der Waals surface area contributed by atoms with Crippen molar-refractivity contribution in [2.24, 2.45) is 5.41 Å².